The maximum Gasteiger partial charge on any atom is 0.151 e. The Hall–Kier alpha value is -1.07. The summed E-state index contributed by atoms with van der Waals surface area (Å²) in [6.45, 7) is 5.39. The third-order valence-electron chi connectivity index (χ3n) is 2.57. The van der Waals surface area contributed by atoms with Crippen LogP contribution in [0.15, 0.2) is 24.3 Å². The highest BCUT2D eigenvalue weighted by Crippen LogP contribution is 2.12. The Balaban J connectivity index is 2.37. The smallest absolute Gasteiger partial charge is 0.151 e. The molecular weight excluding hydrogens is 250 g/mol. The topological polar surface area (TPSA) is 55.4 Å². The molecule has 0 saturated carbocycles. The highest BCUT2D eigenvalue weighted by atomic mass is 32.2. The molecule has 0 saturated heterocycles. The number of sulfone groups is 1. The van der Waals surface area contributed by atoms with Crippen LogP contribution in [0, 0.1) is 0 Å². The molecule has 0 spiro atoms. The van der Waals surface area contributed by atoms with Gasteiger partial charge in [-0.3, -0.25) is 0 Å². The van der Waals surface area contributed by atoms with Gasteiger partial charge in [0, 0.05) is 18.8 Å². The van der Waals surface area contributed by atoms with E-state index >= 15 is 0 Å². The van der Waals surface area contributed by atoms with Crippen LogP contribution in [0.5, 0.6) is 5.75 Å². The second-order valence-electron chi connectivity index (χ2n) is 3.99. The van der Waals surface area contributed by atoms with Gasteiger partial charge in [-0.05, 0) is 24.6 Å². The molecule has 1 rings (SSSR count). The fraction of sp³-hybridized carbons (Fsp3) is 0.538. The van der Waals surface area contributed by atoms with Crippen LogP contribution in [0.3, 0.4) is 0 Å². The quantitative estimate of drug-likeness (QED) is 0.730. The Labute approximate surface area is 109 Å². The number of ether oxygens (including phenoxy) is 1. The third kappa shape index (κ3) is 5.51. The summed E-state index contributed by atoms with van der Waals surface area (Å²) >= 11 is 0. The lowest BCUT2D eigenvalue weighted by Crippen LogP contribution is -2.23. The maximum atomic E-state index is 11.3. The first kappa shape index (κ1) is 15.0. The van der Waals surface area contributed by atoms with Crippen LogP contribution in [-0.4, -0.2) is 33.1 Å². The lowest BCUT2D eigenvalue weighted by molar-refractivity contribution is 0.340. The normalized spacial score (nSPS) is 11.4. The number of hydrogen-bond donors (Lipinski definition) is 1. The molecule has 0 bridgehead atoms. The zero-order valence-electron chi connectivity index (χ0n) is 11.0. The maximum absolute atomic E-state index is 11.3. The van der Waals surface area contributed by atoms with Gasteiger partial charge in [-0.1, -0.05) is 19.1 Å². The molecule has 0 radical (unpaired) electrons. The van der Waals surface area contributed by atoms with Crippen molar-refractivity contribution in [3.63, 3.8) is 0 Å². The molecule has 0 unspecified atom stereocenters. The Morgan fingerprint density at radius 2 is 2.06 bits per heavy atom. The van der Waals surface area contributed by atoms with Gasteiger partial charge < -0.3 is 10.1 Å². The molecule has 0 aliphatic carbocycles. The van der Waals surface area contributed by atoms with Crippen LogP contribution in [0.2, 0.25) is 0 Å². The number of nitrogens with one attached hydrogen (secondary N) is 1. The van der Waals surface area contributed by atoms with Gasteiger partial charge in [0.05, 0.1) is 12.4 Å². The van der Waals surface area contributed by atoms with E-state index in [0.29, 0.717) is 19.7 Å². The van der Waals surface area contributed by atoms with Gasteiger partial charge in [0.2, 0.25) is 0 Å². The number of rotatable bonds is 8. The molecule has 0 aliphatic rings. The average molecular weight is 271 g/mol. The van der Waals surface area contributed by atoms with Gasteiger partial charge in [0.25, 0.3) is 0 Å². The fourth-order valence-corrected chi connectivity index (χ4v) is 2.26. The molecule has 0 fully saturated rings. The van der Waals surface area contributed by atoms with Crippen molar-refractivity contribution in [3.05, 3.63) is 29.8 Å². The second kappa shape index (κ2) is 7.38. The first-order chi connectivity index (χ1) is 8.57. The Morgan fingerprint density at radius 3 is 2.72 bits per heavy atom. The number of benzene rings is 1. The molecule has 0 atom stereocenters. The fourth-order valence-electron chi connectivity index (χ4n) is 1.52. The van der Waals surface area contributed by atoms with E-state index in [1.807, 2.05) is 31.2 Å². The Morgan fingerprint density at radius 1 is 1.28 bits per heavy atom. The summed E-state index contributed by atoms with van der Waals surface area (Å²) in [6.07, 6.45) is 0. The minimum atomic E-state index is -2.88. The summed E-state index contributed by atoms with van der Waals surface area (Å²) < 4.78 is 28.0. The molecule has 18 heavy (non-hydrogen) atoms. The molecule has 1 aromatic rings. The molecule has 102 valence electrons. The summed E-state index contributed by atoms with van der Waals surface area (Å²) in [5.74, 6) is 1.24. The largest absolute Gasteiger partial charge is 0.494 e. The van der Waals surface area contributed by atoms with Crippen molar-refractivity contribution in [2.24, 2.45) is 0 Å². The summed E-state index contributed by atoms with van der Waals surface area (Å²) in [5.41, 5.74) is 1.09. The van der Waals surface area contributed by atoms with Crippen LogP contribution in [0.1, 0.15) is 19.4 Å². The van der Waals surface area contributed by atoms with Crippen LogP contribution in [0.4, 0.5) is 0 Å². The molecular formula is C13H21NO3S. The van der Waals surface area contributed by atoms with Gasteiger partial charge in [-0.2, -0.15) is 0 Å². The minimum Gasteiger partial charge on any atom is -0.494 e. The number of hydrogen-bond acceptors (Lipinski definition) is 4. The molecule has 1 N–H and O–H groups in total. The molecule has 0 aromatic heterocycles. The van der Waals surface area contributed by atoms with E-state index in [2.05, 4.69) is 5.32 Å². The zero-order chi connectivity index (χ0) is 13.4. The average Bonchev–Trinajstić information content (AvgIpc) is 2.36. The monoisotopic (exact) mass is 271 g/mol. The van der Waals surface area contributed by atoms with E-state index in [4.69, 9.17) is 4.74 Å². The van der Waals surface area contributed by atoms with Gasteiger partial charge in [-0.25, -0.2) is 8.42 Å². The van der Waals surface area contributed by atoms with Crippen LogP contribution in [0.25, 0.3) is 0 Å². The summed E-state index contributed by atoms with van der Waals surface area (Å²) in [5, 5.41) is 3.13. The molecule has 0 aliphatic heterocycles. The standard InChI is InChI=1S/C13H21NO3S/c1-3-17-13-7-5-6-12(10-13)11-14-8-9-18(15,16)4-2/h5-7,10,14H,3-4,8-9,11H2,1-2H3. The highest BCUT2D eigenvalue weighted by molar-refractivity contribution is 7.91. The molecule has 4 nitrogen and oxygen atoms in total. The van der Waals surface area contributed by atoms with Crippen molar-refractivity contribution in [1.82, 2.24) is 5.32 Å². The minimum absolute atomic E-state index is 0.189. The van der Waals surface area contributed by atoms with Gasteiger partial charge in [0.1, 0.15) is 5.75 Å². The summed E-state index contributed by atoms with van der Waals surface area (Å²) in [4.78, 5) is 0. The predicted molar refractivity (Wildman–Crippen MR) is 73.6 cm³/mol. The van der Waals surface area contributed by atoms with Crippen molar-refractivity contribution < 1.29 is 13.2 Å². The first-order valence-corrected chi connectivity index (χ1v) is 8.02. The second-order valence-corrected chi connectivity index (χ2v) is 6.47. The van der Waals surface area contributed by atoms with E-state index in [-0.39, 0.29) is 11.5 Å². The highest BCUT2D eigenvalue weighted by Gasteiger charge is 2.05. The van der Waals surface area contributed by atoms with E-state index in [1.54, 1.807) is 6.92 Å². The SMILES string of the molecule is CCOc1cccc(CNCCS(=O)(=O)CC)c1. The van der Waals surface area contributed by atoms with E-state index in [1.165, 1.54) is 0 Å². The third-order valence-corrected chi connectivity index (χ3v) is 4.27. The van der Waals surface area contributed by atoms with Crippen molar-refractivity contribution in [2.45, 2.75) is 20.4 Å². The van der Waals surface area contributed by atoms with Crippen molar-refractivity contribution in [3.8, 4) is 5.75 Å². The van der Waals surface area contributed by atoms with E-state index in [9.17, 15) is 8.42 Å². The molecule has 1 aromatic carbocycles. The van der Waals surface area contributed by atoms with Crippen LogP contribution >= 0.6 is 0 Å². The zero-order valence-corrected chi connectivity index (χ0v) is 11.8. The lowest BCUT2D eigenvalue weighted by Gasteiger charge is -2.07. The van der Waals surface area contributed by atoms with E-state index < -0.39 is 9.84 Å². The van der Waals surface area contributed by atoms with Gasteiger partial charge >= 0.3 is 0 Å². The summed E-state index contributed by atoms with van der Waals surface area (Å²) in [6, 6.07) is 7.80. The van der Waals surface area contributed by atoms with Gasteiger partial charge in [-0.15, -0.1) is 0 Å². The predicted octanol–water partition coefficient (Wildman–Crippen LogP) is 1.61. The van der Waals surface area contributed by atoms with Crippen molar-refractivity contribution in [2.75, 3.05) is 24.7 Å². The molecule has 0 amide bonds. The van der Waals surface area contributed by atoms with Crippen LogP contribution < -0.4 is 10.1 Å². The molecule has 0 heterocycles. The van der Waals surface area contributed by atoms with E-state index in [0.717, 1.165) is 11.3 Å². The van der Waals surface area contributed by atoms with Crippen molar-refractivity contribution in [1.29, 1.82) is 0 Å². The van der Waals surface area contributed by atoms with Crippen LogP contribution in [-0.2, 0) is 16.4 Å². The van der Waals surface area contributed by atoms with Gasteiger partial charge in [0.15, 0.2) is 9.84 Å². The van der Waals surface area contributed by atoms with Crippen molar-refractivity contribution >= 4 is 9.84 Å². The summed E-state index contributed by atoms with van der Waals surface area (Å²) in [7, 11) is -2.88. The first-order valence-electron chi connectivity index (χ1n) is 6.20. The Kier molecular flexibility index (Phi) is 6.15. The molecule has 5 heteroatoms. The lowest BCUT2D eigenvalue weighted by atomic mass is 10.2. The Bertz CT molecular complexity index is 457.